The first-order valence-corrected chi connectivity index (χ1v) is 13.0. The zero-order chi connectivity index (χ0) is 22.9. The fourth-order valence-electron chi connectivity index (χ4n) is 4.09. The van der Waals surface area contributed by atoms with E-state index in [0.717, 1.165) is 11.7 Å². The molecule has 1 fully saturated rings. The topological polar surface area (TPSA) is 88.1 Å². The number of hydrogen-bond acceptors (Lipinski definition) is 7. The zero-order valence-corrected chi connectivity index (χ0v) is 20.0. The Morgan fingerprint density at radius 1 is 0.871 bits per heavy atom. The third-order valence-electron chi connectivity index (χ3n) is 5.57. The van der Waals surface area contributed by atoms with E-state index in [-0.39, 0.29) is 6.04 Å². The summed E-state index contributed by atoms with van der Waals surface area (Å²) in [6.07, 6.45) is 6.76. The fraction of sp³-hybridized carbons (Fsp3) is 0.609. The van der Waals surface area contributed by atoms with E-state index in [1.54, 1.807) is 0 Å². The lowest BCUT2D eigenvalue weighted by atomic mass is 9.78. The highest BCUT2D eigenvalue weighted by Crippen LogP contribution is 2.37. The van der Waals surface area contributed by atoms with Crippen molar-refractivity contribution in [3.8, 4) is 5.75 Å². The highest BCUT2D eigenvalue weighted by atomic mass is 28.4. The Bertz CT molecular complexity index is 698. The summed E-state index contributed by atoms with van der Waals surface area (Å²) < 4.78 is 21.3. The number of hydrogen-bond donors (Lipinski definition) is 0. The van der Waals surface area contributed by atoms with Crippen LogP contribution in [-0.4, -0.2) is 33.3 Å². The van der Waals surface area contributed by atoms with E-state index < -0.39 is 26.7 Å². The minimum atomic E-state index is -3.79. The van der Waals surface area contributed by atoms with E-state index in [4.69, 9.17) is 18.0 Å². The SMILES string of the molecule is CC[C@H]1CC[C@H](c2ccc(OCCC[Si](OC(C)=O)(OC(C)=O)OC(C)=O)cc2)CC1. The Hall–Kier alpha value is -2.35. The normalized spacial score (nSPS) is 18.7. The minimum absolute atomic E-state index is 0.102. The Morgan fingerprint density at radius 2 is 1.39 bits per heavy atom. The summed E-state index contributed by atoms with van der Waals surface area (Å²) in [6.45, 7) is 6.12. The van der Waals surface area contributed by atoms with E-state index >= 15 is 0 Å². The summed E-state index contributed by atoms with van der Waals surface area (Å²) in [4.78, 5) is 34.4. The molecule has 0 saturated heterocycles. The summed E-state index contributed by atoms with van der Waals surface area (Å²) in [5, 5.41) is 0. The molecule has 31 heavy (non-hydrogen) atoms. The quantitative estimate of drug-likeness (QED) is 0.375. The molecule has 7 nitrogen and oxygen atoms in total. The predicted molar refractivity (Wildman–Crippen MR) is 117 cm³/mol. The van der Waals surface area contributed by atoms with Gasteiger partial charge in [-0.1, -0.05) is 25.5 Å². The van der Waals surface area contributed by atoms with Gasteiger partial charge in [-0.25, -0.2) is 0 Å². The van der Waals surface area contributed by atoms with Gasteiger partial charge in [0.05, 0.1) is 12.7 Å². The second-order valence-corrected chi connectivity index (χ2v) is 10.6. The summed E-state index contributed by atoms with van der Waals surface area (Å²) in [6, 6.07) is 8.29. The fourth-order valence-corrected chi connectivity index (χ4v) is 6.41. The molecule has 1 saturated carbocycles. The number of ether oxygens (including phenoxy) is 1. The van der Waals surface area contributed by atoms with Gasteiger partial charge in [0, 0.05) is 20.8 Å². The lowest BCUT2D eigenvalue weighted by Gasteiger charge is -2.28. The van der Waals surface area contributed by atoms with Gasteiger partial charge in [-0.3, -0.25) is 14.4 Å². The van der Waals surface area contributed by atoms with Crippen molar-refractivity contribution >= 4 is 26.7 Å². The molecule has 0 atom stereocenters. The number of rotatable bonds is 10. The van der Waals surface area contributed by atoms with E-state index in [2.05, 4.69) is 19.1 Å². The third kappa shape index (κ3) is 8.36. The molecule has 2 rings (SSSR count). The molecule has 172 valence electrons. The van der Waals surface area contributed by atoms with Crippen LogP contribution in [0.5, 0.6) is 5.75 Å². The third-order valence-corrected chi connectivity index (χ3v) is 8.33. The van der Waals surface area contributed by atoms with Crippen molar-refractivity contribution in [2.75, 3.05) is 6.61 Å². The van der Waals surface area contributed by atoms with Crippen molar-refractivity contribution in [3.63, 3.8) is 0 Å². The molecular weight excluding hydrogens is 416 g/mol. The number of carbonyl (C=O) groups is 3. The van der Waals surface area contributed by atoms with Gasteiger partial charge in [0.2, 0.25) is 0 Å². The summed E-state index contributed by atoms with van der Waals surface area (Å²) in [7, 11) is -3.79. The Labute approximate surface area is 185 Å². The molecule has 1 aromatic carbocycles. The van der Waals surface area contributed by atoms with Crippen molar-refractivity contribution in [3.05, 3.63) is 29.8 Å². The molecule has 0 unspecified atom stereocenters. The largest absolute Gasteiger partial charge is 0.705 e. The average Bonchev–Trinajstić information content (AvgIpc) is 2.70. The van der Waals surface area contributed by atoms with Crippen molar-refractivity contribution < 1.29 is 32.4 Å². The predicted octanol–water partition coefficient (Wildman–Crippen LogP) is 4.77. The van der Waals surface area contributed by atoms with Gasteiger partial charge in [-0.05, 0) is 61.6 Å². The Balaban J connectivity index is 1.88. The summed E-state index contributed by atoms with van der Waals surface area (Å²) in [5.74, 6) is 0.238. The second-order valence-electron chi connectivity index (χ2n) is 8.11. The van der Waals surface area contributed by atoms with Crippen LogP contribution in [0.1, 0.15) is 77.7 Å². The molecule has 0 bridgehead atoms. The van der Waals surface area contributed by atoms with Gasteiger partial charge in [0.15, 0.2) is 0 Å². The molecule has 8 heteroatoms. The van der Waals surface area contributed by atoms with Crippen molar-refractivity contribution in [1.29, 1.82) is 0 Å². The maximum atomic E-state index is 11.5. The van der Waals surface area contributed by atoms with E-state index in [9.17, 15) is 14.4 Å². The molecule has 0 radical (unpaired) electrons. The zero-order valence-electron chi connectivity index (χ0n) is 19.0. The molecule has 1 aliphatic carbocycles. The highest BCUT2D eigenvalue weighted by Gasteiger charge is 2.51. The molecule has 1 aliphatic rings. The summed E-state index contributed by atoms with van der Waals surface area (Å²) in [5.41, 5.74) is 1.35. The van der Waals surface area contributed by atoms with Crippen molar-refractivity contribution in [1.82, 2.24) is 0 Å². The smallest absolute Gasteiger partial charge is 0.494 e. The first-order chi connectivity index (χ1) is 14.7. The molecule has 0 N–H and O–H groups in total. The first-order valence-electron chi connectivity index (χ1n) is 11.0. The van der Waals surface area contributed by atoms with Crippen LogP contribution in [0.3, 0.4) is 0 Å². The van der Waals surface area contributed by atoms with Crippen molar-refractivity contribution in [2.45, 2.75) is 78.2 Å². The average molecular weight is 451 g/mol. The summed E-state index contributed by atoms with van der Waals surface area (Å²) >= 11 is 0. The van der Waals surface area contributed by atoms with Crippen LogP contribution < -0.4 is 4.74 Å². The van der Waals surface area contributed by atoms with E-state index in [1.807, 2.05) is 12.1 Å². The Morgan fingerprint density at radius 3 is 1.84 bits per heavy atom. The number of benzene rings is 1. The number of carbonyl (C=O) groups excluding carboxylic acids is 3. The second kappa shape index (κ2) is 11.9. The molecular formula is C23H34O7Si. The lowest BCUT2D eigenvalue weighted by Crippen LogP contribution is -2.49. The van der Waals surface area contributed by atoms with Crippen LogP contribution >= 0.6 is 0 Å². The molecule has 0 aliphatic heterocycles. The van der Waals surface area contributed by atoms with Gasteiger partial charge in [-0.2, -0.15) is 0 Å². The molecule has 1 aromatic rings. The van der Waals surface area contributed by atoms with Gasteiger partial charge in [-0.15, -0.1) is 0 Å². The first kappa shape index (κ1) is 24.9. The van der Waals surface area contributed by atoms with Crippen LogP contribution in [0.2, 0.25) is 6.04 Å². The molecule has 0 spiro atoms. The van der Waals surface area contributed by atoms with Crippen LogP contribution in [-0.2, 0) is 27.7 Å². The van der Waals surface area contributed by atoms with Crippen LogP contribution in [0.25, 0.3) is 0 Å². The molecule has 0 amide bonds. The monoisotopic (exact) mass is 450 g/mol. The van der Waals surface area contributed by atoms with Gasteiger partial charge in [0.25, 0.3) is 17.9 Å². The Kier molecular flexibility index (Phi) is 9.55. The minimum Gasteiger partial charge on any atom is -0.494 e. The van der Waals surface area contributed by atoms with Crippen LogP contribution in [0.15, 0.2) is 24.3 Å². The maximum Gasteiger partial charge on any atom is 0.705 e. The van der Waals surface area contributed by atoms with E-state index in [1.165, 1.54) is 58.4 Å². The van der Waals surface area contributed by atoms with Crippen molar-refractivity contribution in [2.24, 2.45) is 5.92 Å². The van der Waals surface area contributed by atoms with E-state index in [0.29, 0.717) is 18.9 Å². The lowest BCUT2D eigenvalue weighted by molar-refractivity contribution is -0.147. The van der Waals surface area contributed by atoms with Gasteiger partial charge >= 0.3 is 8.80 Å². The molecule has 0 aromatic heterocycles. The highest BCUT2D eigenvalue weighted by molar-refractivity contribution is 6.65. The van der Waals surface area contributed by atoms with Gasteiger partial charge in [0.1, 0.15) is 5.75 Å². The maximum absolute atomic E-state index is 11.5. The van der Waals surface area contributed by atoms with Gasteiger partial charge < -0.3 is 18.0 Å². The molecule has 0 heterocycles. The van der Waals surface area contributed by atoms with Crippen LogP contribution in [0.4, 0.5) is 0 Å². The van der Waals surface area contributed by atoms with Crippen LogP contribution in [0, 0.1) is 5.92 Å². The standard InChI is InChI=1S/C23H34O7Si/c1-5-20-7-9-21(10-8-20)22-11-13-23(14-12-22)27-15-6-16-31(28-17(2)24,29-18(3)25)30-19(4)26/h11-14,20-21H,5-10,15-16H2,1-4H3/t20-,21-.